The number of hydrogen-bond acceptors (Lipinski definition) is 5. The molecule has 2 fully saturated rings. The van der Waals surface area contributed by atoms with Gasteiger partial charge in [-0.1, -0.05) is 0 Å². The fourth-order valence-corrected chi connectivity index (χ4v) is 5.30. The molecule has 3 aliphatic rings. The first-order valence-corrected chi connectivity index (χ1v) is 10.7. The Morgan fingerprint density at radius 2 is 2.07 bits per heavy atom. The molecule has 2 amide bonds. The molecule has 1 aromatic rings. The molecule has 9 heteroatoms. The van der Waals surface area contributed by atoms with Crippen molar-refractivity contribution in [2.45, 2.75) is 43.5 Å². The van der Waals surface area contributed by atoms with Gasteiger partial charge in [0.25, 0.3) is 5.91 Å². The fourth-order valence-electron chi connectivity index (χ4n) is 3.55. The molecule has 1 saturated heterocycles. The van der Waals surface area contributed by atoms with E-state index in [-0.39, 0.29) is 41.8 Å². The zero-order valence-electron chi connectivity index (χ0n) is 15.2. The maximum Gasteiger partial charge on any atom is 0.262 e. The Labute approximate surface area is 158 Å². The lowest BCUT2D eigenvalue weighted by Gasteiger charge is -2.32. The zero-order valence-corrected chi connectivity index (χ0v) is 16.0. The summed E-state index contributed by atoms with van der Waals surface area (Å²) in [5.41, 5.74) is 1.01. The van der Waals surface area contributed by atoms with Gasteiger partial charge in [0.1, 0.15) is 5.75 Å². The Hall–Kier alpha value is -2.13. The summed E-state index contributed by atoms with van der Waals surface area (Å²) >= 11 is 0. The number of rotatable bonds is 4. The number of nitrogens with zero attached hydrogens (tertiary/aromatic N) is 1. The first kappa shape index (κ1) is 18.2. The van der Waals surface area contributed by atoms with Gasteiger partial charge in [0, 0.05) is 25.2 Å². The van der Waals surface area contributed by atoms with Crippen LogP contribution in [-0.2, 0) is 19.6 Å². The minimum Gasteiger partial charge on any atom is -0.482 e. The highest BCUT2D eigenvalue weighted by atomic mass is 32.2. The van der Waals surface area contributed by atoms with Crippen LogP contribution in [0.25, 0.3) is 0 Å². The number of sulfonamides is 1. The lowest BCUT2D eigenvalue weighted by atomic mass is 9.99. The van der Waals surface area contributed by atoms with Crippen molar-refractivity contribution < 1.29 is 22.7 Å². The fraction of sp³-hybridized carbons (Fsp3) is 0.556. The molecular formula is C18H23N3O5S. The van der Waals surface area contributed by atoms with Crippen LogP contribution in [-0.4, -0.2) is 50.3 Å². The minimum absolute atomic E-state index is 0.0504. The van der Waals surface area contributed by atoms with Gasteiger partial charge in [0.2, 0.25) is 15.9 Å². The van der Waals surface area contributed by atoms with E-state index < -0.39 is 10.0 Å². The minimum atomic E-state index is -3.76. The molecule has 1 unspecified atom stereocenters. The largest absolute Gasteiger partial charge is 0.482 e. The van der Waals surface area contributed by atoms with Gasteiger partial charge in [-0.25, -0.2) is 8.42 Å². The molecule has 4 rings (SSSR count). The maximum absolute atomic E-state index is 13.2. The molecule has 27 heavy (non-hydrogen) atoms. The van der Waals surface area contributed by atoms with Crippen molar-refractivity contribution in [3.63, 3.8) is 0 Å². The Balaban J connectivity index is 1.57. The molecule has 0 spiro atoms. The molecule has 146 valence electrons. The van der Waals surface area contributed by atoms with Crippen LogP contribution in [0.1, 0.15) is 31.2 Å². The van der Waals surface area contributed by atoms with Gasteiger partial charge in [0.15, 0.2) is 6.61 Å². The van der Waals surface area contributed by atoms with E-state index >= 15 is 0 Å². The quantitative estimate of drug-likeness (QED) is 0.794. The molecule has 1 atom stereocenters. The predicted octanol–water partition coefficient (Wildman–Crippen LogP) is 1.01. The lowest BCUT2D eigenvalue weighted by Crippen LogP contribution is -2.45. The average molecular weight is 393 g/mol. The van der Waals surface area contributed by atoms with E-state index in [1.807, 2.05) is 0 Å². The van der Waals surface area contributed by atoms with Gasteiger partial charge in [0.05, 0.1) is 16.5 Å². The Kier molecular flexibility index (Phi) is 4.59. The summed E-state index contributed by atoms with van der Waals surface area (Å²) < 4.78 is 33.2. The van der Waals surface area contributed by atoms with E-state index in [0.29, 0.717) is 36.4 Å². The SMILES string of the molecule is Cc1cc2c(cc1S(=O)(=O)N1CCCC(C(=O)NC3CC3)C1)OCC(=O)N2. The number of benzene rings is 1. The molecule has 8 nitrogen and oxygen atoms in total. The Bertz CT molecular complexity index is 895. The van der Waals surface area contributed by atoms with Gasteiger partial charge in [-0.05, 0) is 44.2 Å². The Morgan fingerprint density at radius 1 is 1.30 bits per heavy atom. The molecular weight excluding hydrogens is 370 g/mol. The molecule has 2 N–H and O–H groups in total. The van der Waals surface area contributed by atoms with Crippen LogP contribution in [0, 0.1) is 12.8 Å². The molecule has 0 radical (unpaired) electrons. The number of carbonyl (C=O) groups is 2. The van der Waals surface area contributed by atoms with Gasteiger partial charge in [-0.15, -0.1) is 0 Å². The highest BCUT2D eigenvalue weighted by Crippen LogP contribution is 2.35. The zero-order chi connectivity index (χ0) is 19.2. The van der Waals surface area contributed by atoms with Crippen molar-refractivity contribution in [2.24, 2.45) is 5.92 Å². The second-order valence-corrected chi connectivity index (χ2v) is 9.34. The van der Waals surface area contributed by atoms with Crippen LogP contribution in [0.4, 0.5) is 5.69 Å². The first-order valence-electron chi connectivity index (χ1n) is 9.22. The number of piperidine rings is 1. The van der Waals surface area contributed by atoms with Crippen molar-refractivity contribution in [3.8, 4) is 5.75 Å². The van der Waals surface area contributed by atoms with Gasteiger partial charge >= 0.3 is 0 Å². The van der Waals surface area contributed by atoms with Crippen LogP contribution in [0.3, 0.4) is 0 Å². The third kappa shape index (κ3) is 3.66. The van der Waals surface area contributed by atoms with Crippen LogP contribution >= 0.6 is 0 Å². The van der Waals surface area contributed by atoms with E-state index in [1.165, 1.54) is 10.4 Å². The summed E-state index contributed by atoms with van der Waals surface area (Å²) in [7, 11) is -3.76. The lowest BCUT2D eigenvalue weighted by molar-refractivity contribution is -0.126. The molecule has 2 heterocycles. The summed E-state index contributed by atoms with van der Waals surface area (Å²) in [6.07, 6.45) is 3.36. The standard InChI is InChI=1S/C18H23N3O5S/c1-11-7-14-15(26-10-17(22)20-14)8-16(11)27(24,25)21-6-2-3-12(9-21)18(23)19-13-4-5-13/h7-8,12-13H,2-6,9-10H2,1H3,(H,19,23)(H,20,22). The summed E-state index contributed by atoms with van der Waals surface area (Å²) in [6, 6.07) is 3.34. The summed E-state index contributed by atoms with van der Waals surface area (Å²) in [5.74, 6) is -0.287. The average Bonchev–Trinajstić information content (AvgIpc) is 3.45. The van der Waals surface area contributed by atoms with E-state index in [0.717, 1.165) is 12.8 Å². The van der Waals surface area contributed by atoms with E-state index in [9.17, 15) is 18.0 Å². The number of nitrogens with one attached hydrogen (secondary N) is 2. The number of ether oxygens (including phenoxy) is 1. The third-order valence-electron chi connectivity index (χ3n) is 5.21. The maximum atomic E-state index is 13.2. The van der Waals surface area contributed by atoms with E-state index in [4.69, 9.17) is 4.74 Å². The van der Waals surface area contributed by atoms with Crippen molar-refractivity contribution >= 4 is 27.5 Å². The van der Waals surface area contributed by atoms with Crippen molar-refractivity contribution in [1.82, 2.24) is 9.62 Å². The van der Waals surface area contributed by atoms with Crippen molar-refractivity contribution in [1.29, 1.82) is 0 Å². The van der Waals surface area contributed by atoms with Crippen LogP contribution in [0.5, 0.6) is 5.75 Å². The number of anilines is 1. The number of amides is 2. The summed E-state index contributed by atoms with van der Waals surface area (Å²) in [4.78, 5) is 24.0. The summed E-state index contributed by atoms with van der Waals surface area (Å²) in [6.45, 7) is 2.14. The number of hydrogen-bond donors (Lipinski definition) is 2. The predicted molar refractivity (Wildman–Crippen MR) is 98.0 cm³/mol. The number of aryl methyl sites for hydroxylation is 1. The van der Waals surface area contributed by atoms with E-state index in [2.05, 4.69) is 10.6 Å². The highest BCUT2D eigenvalue weighted by molar-refractivity contribution is 7.89. The molecule has 0 bridgehead atoms. The van der Waals surface area contributed by atoms with Crippen molar-refractivity contribution in [3.05, 3.63) is 17.7 Å². The topological polar surface area (TPSA) is 105 Å². The molecule has 1 saturated carbocycles. The van der Waals surface area contributed by atoms with Crippen LogP contribution < -0.4 is 15.4 Å². The number of carbonyl (C=O) groups excluding carboxylic acids is 2. The van der Waals surface area contributed by atoms with E-state index in [1.54, 1.807) is 13.0 Å². The van der Waals surface area contributed by atoms with Crippen LogP contribution in [0.2, 0.25) is 0 Å². The monoisotopic (exact) mass is 393 g/mol. The third-order valence-corrected chi connectivity index (χ3v) is 7.21. The van der Waals surface area contributed by atoms with Gasteiger partial charge in [-0.2, -0.15) is 4.31 Å². The molecule has 0 aromatic heterocycles. The summed E-state index contributed by atoms with van der Waals surface area (Å²) in [5, 5.41) is 5.65. The smallest absolute Gasteiger partial charge is 0.262 e. The molecule has 1 aromatic carbocycles. The van der Waals surface area contributed by atoms with Crippen LogP contribution in [0.15, 0.2) is 17.0 Å². The van der Waals surface area contributed by atoms with Gasteiger partial charge < -0.3 is 15.4 Å². The second-order valence-electron chi connectivity index (χ2n) is 7.44. The number of fused-ring (bicyclic) bond motifs is 1. The normalized spacial score (nSPS) is 23.1. The highest BCUT2D eigenvalue weighted by Gasteiger charge is 2.36. The Morgan fingerprint density at radius 3 is 2.81 bits per heavy atom. The van der Waals surface area contributed by atoms with Gasteiger partial charge in [-0.3, -0.25) is 9.59 Å². The molecule has 2 aliphatic heterocycles. The first-order chi connectivity index (χ1) is 12.8. The van der Waals surface area contributed by atoms with Crippen molar-refractivity contribution in [2.75, 3.05) is 25.0 Å². The second kappa shape index (κ2) is 6.79. The molecule has 1 aliphatic carbocycles.